The van der Waals surface area contributed by atoms with Crippen LogP contribution < -0.4 is 4.74 Å². The standard InChI is InChI=1S/C18H28O2Si/c1-21(2,3)14-12-15-9-8-11-17-18(15)16(19)10-6-4-5-7-13-20-17/h8-9,11H,4-7,10,12-14H2,1-3H3. The highest BCUT2D eigenvalue weighted by Gasteiger charge is 2.20. The molecule has 3 heteroatoms. The van der Waals surface area contributed by atoms with E-state index < -0.39 is 8.07 Å². The first-order chi connectivity index (χ1) is 9.97. The number of benzene rings is 1. The molecule has 116 valence electrons. The largest absolute Gasteiger partial charge is 0.493 e. The van der Waals surface area contributed by atoms with E-state index >= 15 is 0 Å². The molecule has 1 aliphatic rings. The summed E-state index contributed by atoms with van der Waals surface area (Å²) in [6.45, 7) is 7.88. The Morgan fingerprint density at radius 2 is 1.86 bits per heavy atom. The van der Waals surface area contributed by atoms with Crippen LogP contribution in [0.3, 0.4) is 0 Å². The molecule has 21 heavy (non-hydrogen) atoms. The summed E-state index contributed by atoms with van der Waals surface area (Å²) in [5, 5.41) is 0. The van der Waals surface area contributed by atoms with Gasteiger partial charge < -0.3 is 4.74 Å². The van der Waals surface area contributed by atoms with Crippen molar-refractivity contribution in [1.29, 1.82) is 0 Å². The van der Waals surface area contributed by atoms with Crippen molar-refractivity contribution in [3.63, 3.8) is 0 Å². The molecule has 0 atom stereocenters. The molecule has 2 nitrogen and oxygen atoms in total. The van der Waals surface area contributed by atoms with E-state index in [1.54, 1.807) is 0 Å². The van der Waals surface area contributed by atoms with Gasteiger partial charge in [-0.1, -0.05) is 50.7 Å². The lowest BCUT2D eigenvalue weighted by Gasteiger charge is -2.19. The SMILES string of the molecule is C[Si](C)(C)CCc1cccc2c1C(=O)CCCCCCO2. The fourth-order valence-electron chi connectivity index (χ4n) is 2.78. The van der Waals surface area contributed by atoms with Gasteiger partial charge in [-0.3, -0.25) is 4.79 Å². The zero-order chi connectivity index (χ0) is 15.3. The number of hydrogen-bond donors (Lipinski definition) is 0. The summed E-state index contributed by atoms with van der Waals surface area (Å²) in [5.41, 5.74) is 2.07. The number of hydrogen-bond acceptors (Lipinski definition) is 2. The summed E-state index contributed by atoms with van der Waals surface area (Å²) in [6.07, 6.45) is 6.08. The number of carbonyl (C=O) groups excluding carboxylic acids is 1. The summed E-state index contributed by atoms with van der Waals surface area (Å²) < 4.78 is 5.90. The second kappa shape index (κ2) is 7.26. The number of carbonyl (C=O) groups is 1. The van der Waals surface area contributed by atoms with Crippen molar-refractivity contribution in [1.82, 2.24) is 0 Å². The highest BCUT2D eigenvalue weighted by atomic mass is 28.3. The van der Waals surface area contributed by atoms with E-state index in [0.717, 1.165) is 50.0 Å². The summed E-state index contributed by atoms with van der Waals surface area (Å²) in [6, 6.07) is 7.34. The predicted octanol–water partition coefficient (Wildman–Crippen LogP) is 5.09. The fraction of sp³-hybridized carbons (Fsp3) is 0.611. The molecule has 1 heterocycles. The van der Waals surface area contributed by atoms with E-state index in [0.29, 0.717) is 6.42 Å². The second-order valence-corrected chi connectivity index (χ2v) is 12.9. The molecule has 1 aliphatic heterocycles. The zero-order valence-corrected chi connectivity index (χ0v) is 14.7. The van der Waals surface area contributed by atoms with Crippen LogP contribution >= 0.6 is 0 Å². The summed E-state index contributed by atoms with van der Waals surface area (Å²) in [5.74, 6) is 1.09. The average molecular weight is 305 g/mol. The van der Waals surface area contributed by atoms with Crippen LogP contribution in [-0.2, 0) is 6.42 Å². The number of ether oxygens (including phenoxy) is 1. The highest BCUT2D eigenvalue weighted by Crippen LogP contribution is 2.28. The smallest absolute Gasteiger partial charge is 0.166 e. The fourth-order valence-corrected chi connectivity index (χ4v) is 3.80. The molecular formula is C18H28O2Si. The molecule has 1 aromatic carbocycles. The van der Waals surface area contributed by atoms with Gasteiger partial charge in [0.05, 0.1) is 12.2 Å². The molecule has 0 aromatic heterocycles. The Morgan fingerprint density at radius 1 is 1.10 bits per heavy atom. The third kappa shape index (κ3) is 4.99. The van der Waals surface area contributed by atoms with Gasteiger partial charge in [-0.15, -0.1) is 0 Å². The van der Waals surface area contributed by atoms with Gasteiger partial charge in [0, 0.05) is 14.5 Å². The molecule has 0 amide bonds. The molecule has 2 rings (SSSR count). The van der Waals surface area contributed by atoms with E-state index in [2.05, 4.69) is 25.7 Å². The van der Waals surface area contributed by atoms with Gasteiger partial charge in [-0.25, -0.2) is 0 Å². The number of fused-ring (bicyclic) bond motifs is 1. The third-order valence-electron chi connectivity index (χ3n) is 4.09. The maximum Gasteiger partial charge on any atom is 0.166 e. The second-order valence-electron chi connectivity index (χ2n) is 7.29. The lowest BCUT2D eigenvalue weighted by Crippen LogP contribution is -2.21. The average Bonchev–Trinajstić information content (AvgIpc) is 2.43. The molecule has 0 saturated carbocycles. The van der Waals surface area contributed by atoms with E-state index in [-0.39, 0.29) is 5.78 Å². The Labute approximate surface area is 129 Å². The minimum Gasteiger partial charge on any atom is -0.493 e. The lowest BCUT2D eigenvalue weighted by molar-refractivity contribution is 0.0972. The topological polar surface area (TPSA) is 26.3 Å². The molecule has 0 unspecified atom stereocenters. The van der Waals surface area contributed by atoms with E-state index in [9.17, 15) is 4.79 Å². The van der Waals surface area contributed by atoms with Crippen LogP contribution in [0.15, 0.2) is 18.2 Å². The van der Waals surface area contributed by atoms with Gasteiger partial charge >= 0.3 is 0 Å². The molecular weight excluding hydrogens is 276 g/mol. The van der Waals surface area contributed by atoms with Gasteiger partial charge in [0.25, 0.3) is 0 Å². The van der Waals surface area contributed by atoms with Crippen molar-refractivity contribution in [2.24, 2.45) is 0 Å². The highest BCUT2D eigenvalue weighted by molar-refractivity contribution is 6.76. The molecule has 1 aromatic rings. The van der Waals surface area contributed by atoms with Gasteiger partial charge in [0.2, 0.25) is 0 Å². The Kier molecular flexibility index (Phi) is 5.62. The molecule has 0 saturated heterocycles. The van der Waals surface area contributed by atoms with Crippen LogP contribution in [0.2, 0.25) is 25.7 Å². The summed E-state index contributed by atoms with van der Waals surface area (Å²) in [4.78, 5) is 12.6. The van der Waals surface area contributed by atoms with E-state index in [4.69, 9.17) is 4.74 Å². The first-order valence-electron chi connectivity index (χ1n) is 8.25. The molecule has 0 aliphatic carbocycles. The predicted molar refractivity (Wildman–Crippen MR) is 91.2 cm³/mol. The van der Waals surface area contributed by atoms with Gasteiger partial charge in [0.15, 0.2) is 5.78 Å². The quantitative estimate of drug-likeness (QED) is 0.727. The Balaban J connectivity index is 2.27. The lowest BCUT2D eigenvalue weighted by atomic mass is 9.96. The van der Waals surface area contributed by atoms with Crippen molar-refractivity contribution in [3.05, 3.63) is 29.3 Å². The minimum absolute atomic E-state index is 0.276. The normalized spacial score (nSPS) is 17.0. The Hall–Kier alpha value is -1.09. The maximum absolute atomic E-state index is 12.6. The number of aryl methyl sites for hydroxylation is 1. The number of rotatable bonds is 3. The van der Waals surface area contributed by atoms with Crippen LogP contribution in [-0.4, -0.2) is 20.5 Å². The van der Waals surface area contributed by atoms with Crippen LogP contribution in [0.1, 0.15) is 48.0 Å². The van der Waals surface area contributed by atoms with E-state index in [1.165, 1.54) is 11.6 Å². The molecule has 0 N–H and O–H groups in total. The summed E-state index contributed by atoms with van der Waals surface area (Å²) >= 11 is 0. The maximum atomic E-state index is 12.6. The third-order valence-corrected chi connectivity index (χ3v) is 5.84. The van der Waals surface area contributed by atoms with Crippen molar-refractivity contribution < 1.29 is 9.53 Å². The van der Waals surface area contributed by atoms with E-state index in [1.807, 2.05) is 12.1 Å². The zero-order valence-electron chi connectivity index (χ0n) is 13.7. The monoisotopic (exact) mass is 304 g/mol. The Morgan fingerprint density at radius 3 is 2.62 bits per heavy atom. The molecule has 0 bridgehead atoms. The first kappa shape index (κ1) is 16.3. The van der Waals surface area contributed by atoms with Gasteiger partial charge in [-0.05, 0) is 30.9 Å². The van der Waals surface area contributed by atoms with Crippen molar-refractivity contribution in [2.45, 2.75) is 64.2 Å². The molecule has 0 radical (unpaired) electrons. The first-order valence-corrected chi connectivity index (χ1v) is 12.0. The number of ketones is 1. The van der Waals surface area contributed by atoms with Crippen molar-refractivity contribution in [3.8, 4) is 5.75 Å². The van der Waals surface area contributed by atoms with Crippen molar-refractivity contribution >= 4 is 13.9 Å². The van der Waals surface area contributed by atoms with Crippen LogP contribution in [0, 0.1) is 0 Å². The van der Waals surface area contributed by atoms with Crippen molar-refractivity contribution in [2.75, 3.05) is 6.61 Å². The number of Topliss-reactive ketones (excluding diaryl/α,β-unsaturated/α-hetero) is 1. The van der Waals surface area contributed by atoms with Crippen LogP contribution in [0.4, 0.5) is 0 Å². The summed E-state index contributed by atoms with van der Waals surface area (Å²) in [7, 11) is -1.10. The molecule has 0 fully saturated rings. The van der Waals surface area contributed by atoms with Gasteiger partial charge in [-0.2, -0.15) is 0 Å². The Bertz CT molecular complexity index is 488. The minimum atomic E-state index is -1.10. The molecule has 0 spiro atoms. The van der Waals surface area contributed by atoms with Crippen LogP contribution in [0.25, 0.3) is 0 Å². The van der Waals surface area contributed by atoms with Gasteiger partial charge in [0.1, 0.15) is 5.75 Å². The van der Waals surface area contributed by atoms with Crippen LogP contribution in [0.5, 0.6) is 5.75 Å².